The molecule has 3 rings (SSSR count). The molecule has 2 amide bonds. The minimum atomic E-state index is -0.209. The van der Waals surface area contributed by atoms with Gasteiger partial charge in [0.15, 0.2) is 0 Å². The summed E-state index contributed by atoms with van der Waals surface area (Å²) in [5, 5.41) is 2.90. The second-order valence-corrected chi connectivity index (χ2v) is 8.10. The summed E-state index contributed by atoms with van der Waals surface area (Å²) in [6.07, 6.45) is 0.716. The van der Waals surface area contributed by atoms with Gasteiger partial charge in [-0.15, -0.1) is 0 Å². The van der Waals surface area contributed by atoms with E-state index in [1.165, 1.54) is 0 Å². The van der Waals surface area contributed by atoms with Gasteiger partial charge in [0.1, 0.15) is 0 Å². The monoisotopic (exact) mass is 409 g/mol. The second kappa shape index (κ2) is 10.8. The lowest BCUT2D eigenvalue weighted by molar-refractivity contribution is 0.0929. The Kier molecular flexibility index (Phi) is 7.85. The molecule has 1 fully saturated rings. The van der Waals surface area contributed by atoms with Crippen LogP contribution in [0.25, 0.3) is 0 Å². The van der Waals surface area contributed by atoms with Gasteiger partial charge < -0.3 is 15.0 Å². The Morgan fingerprint density at radius 3 is 2.40 bits per heavy atom. The van der Waals surface area contributed by atoms with E-state index in [1.807, 2.05) is 68.4 Å². The second-order valence-electron chi connectivity index (χ2n) is 8.10. The van der Waals surface area contributed by atoms with Gasteiger partial charge in [-0.1, -0.05) is 44.2 Å². The number of rotatable bonds is 6. The average molecular weight is 410 g/mol. The highest BCUT2D eigenvalue weighted by Gasteiger charge is 2.20. The van der Waals surface area contributed by atoms with Crippen molar-refractivity contribution >= 4 is 17.7 Å². The molecule has 0 atom stereocenters. The van der Waals surface area contributed by atoms with Crippen molar-refractivity contribution in [1.29, 1.82) is 0 Å². The fourth-order valence-corrected chi connectivity index (χ4v) is 3.39. The van der Waals surface area contributed by atoms with E-state index in [9.17, 15) is 9.59 Å². The van der Waals surface area contributed by atoms with Gasteiger partial charge in [-0.2, -0.15) is 0 Å². The fourth-order valence-electron chi connectivity index (χ4n) is 3.39. The first kappa shape index (κ1) is 21.8. The van der Waals surface area contributed by atoms with Crippen LogP contribution in [0.5, 0.6) is 0 Å². The Bertz CT molecular complexity index is 821. The topological polar surface area (TPSA) is 61.9 Å². The molecule has 0 bridgehead atoms. The van der Waals surface area contributed by atoms with Gasteiger partial charge in [0.2, 0.25) is 0 Å². The van der Waals surface area contributed by atoms with E-state index in [4.69, 9.17) is 4.74 Å². The van der Waals surface area contributed by atoms with Crippen LogP contribution >= 0.6 is 0 Å². The lowest BCUT2D eigenvalue weighted by Crippen LogP contribution is -2.36. The first-order valence-corrected chi connectivity index (χ1v) is 10.6. The zero-order valence-electron chi connectivity index (χ0n) is 17.8. The predicted octanol–water partition coefficient (Wildman–Crippen LogP) is 4.24. The molecule has 1 N–H and O–H groups in total. The predicted molar refractivity (Wildman–Crippen MR) is 118 cm³/mol. The smallest absolute Gasteiger partial charge is 0.409 e. The van der Waals surface area contributed by atoms with Crippen LogP contribution in [0.4, 0.5) is 10.5 Å². The van der Waals surface area contributed by atoms with Crippen LogP contribution in [0.1, 0.15) is 36.2 Å². The zero-order valence-corrected chi connectivity index (χ0v) is 17.8. The average Bonchev–Trinajstić information content (AvgIpc) is 2.99. The van der Waals surface area contributed by atoms with Gasteiger partial charge >= 0.3 is 6.09 Å². The maximum atomic E-state index is 12.4. The molecule has 1 aliphatic heterocycles. The van der Waals surface area contributed by atoms with Crippen molar-refractivity contribution in [3.05, 3.63) is 65.7 Å². The molecule has 30 heavy (non-hydrogen) atoms. The number of carbonyl (C=O) groups is 2. The lowest BCUT2D eigenvalue weighted by atomic mass is 10.1. The molecule has 0 radical (unpaired) electrons. The number of para-hydroxylation sites is 1. The van der Waals surface area contributed by atoms with Crippen LogP contribution in [-0.2, 0) is 11.3 Å². The fraction of sp³-hybridized carbons (Fsp3) is 0.417. The summed E-state index contributed by atoms with van der Waals surface area (Å²) >= 11 is 0. The van der Waals surface area contributed by atoms with E-state index in [-0.39, 0.29) is 12.0 Å². The van der Waals surface area contributed by atoms with Crippen LogP contribution in [0.2, 0.25) is 0 Å². The first-order chi connectivity index (χ1) is 14.5. The largest absolute Gasteiger partial charge is 0.449 e. The van der Waals surface area contributed by atoms with Crippen LogP contribution in [0, 0.1) is 5.92 Å². The maximum absolute atomic E-state index is 12.4. The number of ether oxygens (including phenoxy) is 1. The van der Waals surface area contributed by atoms with E-state index in [2.05, 4.69) is 10.2 Å². The number of nitrogens with zero attached hydrogens (tertiary/aromatic N) is 2. The molecule has 0 aliphatic carbocycles. The van der Waals surface area contributed by atoms with E-state index < -0.39 is 0 Å². The maximum Gasteiger partial charge on any atom is 0.409 e. The Labute approximate surface area is 178 Å². The molecule has 6 nitrogen and oxygen atoms in total. The van der Waals surface area contributed by atoms with Crippen molar-refractivity contribution in [2.75, 3.05) is 38.1 Å². The number of amides is 2. The van der Waals surface area contributed by atoms with Gasteiger partial charge in [0.05, 0.1) is 6.61 Å². The van der Waals surface area contributed by atoms with Crippen LogP contribution in [0.15, 0.2) is 54.6 Å². The Hall–Kier alpha value is -2.86. The Balaban J connectivity index is 1.49. The number of anilines is 1. The summed E-state index contributed by atoms with van der Waals surface area (Å²) in [7, 11) is 0. The molecule has 160 valence electrons. The molecule has 2 aromatic carbocycles. The summed E-state index contributed by atoms with van der Waals surface area (Å²) < 4.78 is 5.36. The summed E-state index contributed by atoms with van der Waals surface area (Å²) in [6, 6.07) is 17.2. The number of carbonyl (C=O) groups excluding carboxylic acids is 2. The molecule has 0 aromatic heterocycles. The Morgan fingerprint density at radius 2 is 1.70 bits per heavy atom. The number of hydrogen-bond acceptors (Lipinski definition) is 4. The van der Waals surface area contributed by atoms with Crippen molar-refractivity contribution < 1.29 is 14.3 Å². The first-order valence-electron chi connectivity index (χ1n) is 10.6. The number of hydrogen-bond donors (Lipinski definition) is 1. The van der Waals surface area contributed by atoms with Crippen molar-refractivity contribution in [2.24, 2.45) is 5.92 Å². The minimum absolute atomic E-state index is 0.113. The van der Waals surface area contributed by atoms with Gasteiger partial charge in [0.25, 0.3) is 5.91 Å². The standard InChI is InChI=1S/C24H31N3O3/c1-19(2)18-30-24(29)27-14-6-13-26(15-16-27)17-20-9-11-21(12-10-20)23(28)25-22-7-4-3-5-8-22/h3-5,7-12,19H,6,13-18H2,1-2H3,(H,25,28). The normalized spacial score (nSPS) is 15.0. The van der Waals surface area contributed by atoms with E-state index in [1.54, 1.807) is 4.90 Å². The van der Waals surface area contributed by atoms with Crippen LogP contribution < -0.4 is 5.32 Å². The summed E-state index contributed by atoms with van der Waals surface area (Å²) in [4.78, 5) is 28.7. The molecule has 0 spiro atoms. The molecular formula is C24H31N3O3. The molecule has 6 heteroatoms. The molecule has 1 heterocycles. The summed E-state index contributed by atoms with van der Waals surface area (Å²) in [6.45, 7) is 8.48. The van der Waals surface area contributed by atoms with Gasteiger partial charge in [-0.05, 0) is 42.2 Å². The lowest BCUT2D eigenvalue weighted by Gasteiger charge is -2.22. The molecule has 1 aliphatic rings. The third-order valence-electron chi connectivity index (χ3n) is 5.04. The number of benzene rings is 2. The highest BCUT2D eigenvalue weighted by molar-refractivity contribution is 6.04. The van der Waals surface area contributed by atoms with Gasteiger partial charge in [0, 0.05) is 44.0 Å². The minimum Gasteiger partial charge on any atom is -0.449 e. The van der Waals surface area contributed by atoms with Crippen molar-refractivity contribution in [3.63, 3.8) is 0 Å². The van der Waals surface area contributed by atoms with Crippen molar-refractivity contribution in [3.8, 4) is 0 Å². The van der Waals surface area contributed by atoms with Gasteiger partial charge in [-0.3, -0.25) is 9.69 Å². The van der Waals surface area contributed by atoms with E-state index in [0.717, 1.165) is 43.9 Å². The number of nitrogens with one attached hydrogen (secondary N) is 1. The van der Waals surface area contributed by atoms with Crippen LogP contribution in [0.3, 0.4) is 0 Å². The summed E-state index contributed by atoms with van der Waals surface area (Å²) in [5.41, 5.74) is 2.58. The Morgan fingerprint density at radius 1 is 0.967 bits per heavy atom. The van der Waals surface area contributed by atoms with E-state index >= 15 is 0 Å². The molecular weight excluding hydrogens is 378 g/mol. The third-order valence-corrected chi connectivity index (χ3v) is 5.04. The quantitative estimate of drug-likeness (QED) is 0.775. The highest BCUT2D eigenvalue weighted by atomic mass is 16.6. The highest BCUT2D eigenvalue weighted by Crippen LogP contribution is 2.13. The molecule has 2 aromatic rings. The van der Waals surface area contributed by atoms with Crippen molar-refractivity contribution in [2.45, 2.75) is 26.8 Å². The molecule has 0 unspecified atom stereocenters. The third kappa shape index (κ3) is 6.59. The van der Waals surface area contributed by atoms with Crippen molar-refractivity contribution in [1.82, 2.24) is 9.80 Å². The van der Waals surface area contributed by atoms with Gasteiger partial charge in [-0.25, -0.2) is 4.79 Å². The SMILES string of the molecule is CC(C)COC(=O)N1CCCN(Cc2ccc(C(=O)Nc3ccccc3)cc2)CC1. The molecule has 1 saturated heterocycles. The zero-order chi connectivity index (χ0) is 21.3. The summed E-state index contributed by atoms with van der Waals surface area (Å²) in [5.74, 6) is 0.230. The molecule has 0 saturated carbocycles. The van der Waals surface area contributed by atoms with E-state index in [0.29, 0.717) is 24.6 Å². The van der Waals surface area contributed by atoms with Crippen LogP contribution in [-0.4, -0.2) is 54.6 Å².